The minimum atomic E-state index is 0.125. The smallest absolute Gasteiger partial charge is 0.159 e. The van der Waals surface area contributed by atoms with Crippen molar-refractivity contribution >= 4 is 5.78 Å². The molecule has 0 heterocycles. The first-order valence-corrected chi connectivity index (χ1v) is 3.28. The van der Waals surface area contributed by atoms with Crippen molar-refractivity contribution in [2.24, 2.45) is 0 Å². The van der Waals surface area contributed by atoms with Gasteiger partial charge in [0.2, 0.25) is 0 Å². The Labute approximate surface area is 60.7 Å². The number of carbonyl (C=O) groups is 1. The summed E-state index contributed by atoms with van der Waals surface area (Å²) >= 11 is 0. The summed E-state index contributed by atoms with van der Waals surface area (Å²) < 4.78 is 0. The van der Waals surface area contributed by atoms with Gasteiger partial charge in [-0.2, -0.15) is 0 Å². The molecule has 10 heavy (non-hydrogen) atoms. The zero-order valence-corrected chi connectivity index (χ0v) is 6.22. The normalized spacial score (nSPS) is 9.40. The second-order valence-electron chi connectivity index (χ2n) is 2.42. The van der Waals surface area contributed by atoms with Crippen LogP contribution in [0, 0.1) is 6.92 Å². The molecule has 0 N–H and O–H groups in total. The van der Waals surface area contributed by atoms with Crippen LogP contribution >= 0.6 is 0 Å². The molecule has 0 spiro atoms. The van der Waals surface area contributed by atoms with E-state index in [2.05, 4.69) is 0 Å². The molecule has 0 fully saturated rings. The Kier molecular flexibility index (Phi) is 1.86. The fourth-order valence-corrected chi connectivity index (χ4v) is 0.788. The van der Waals surface area contributed by atoms with Crippen molar-refractivity contribution < 1.29 is 4.79 Å². The lowest BCUT2D eigenvalue weighted by atomic mass is 9.80. The van der Waals surface area contributed by atoms with Gasteiger partial charge in [0.05, 0.1) is 0 Å². The first kappa shape index (κ1) is 7.00. The van der Waals surface area contributed by atoms with Gasteiger partial charge < -0.3 is 0 Å². The van der Waals surface area contributed by atoms with Crippen molar-refractivity contribution in [1.29, 1.82) is 0 Å². The van der Waals surface area contributed by atoms with Gasteiger partial charge in [-0.05, 0) is 13.8 Å². The van der Waals surface area contributed by atoms with E-state index in [1.165, 1.54) is 5.56 Å². The van der Waals surface area contributed by atoms with Crippen molar-refractivity contribution in [2.75, 3.05) is 0 Å². The molecule has 1 aromatic carbocycles. The maximum Gasteiger partial charge on any atom is 0.159 e. The molecule has 1 aromatic rings. The number of carbonyl (C=O) groups excluding carboxylic acids is 1. The molecule has 0 aliphatic heterocycles. The fourth-order valence-electron chi connectivity index (χ4n) is 0.788. The van der Waals surface area contributed by atoms with Gasteiger partial charge in [0, 0.05) is 5.56 Å². The average molecular weight is 133 g/mol. The van der Waals surface area contributed by atoms with E-state index < -0.39 is 0 Å². The van der Waals surface area contributed by atoms with Gasteiger partial charge in [-0.1, -0.05) is 29.8 Å². The van der Waals surface area contributed by atoms with Crippen LogP contribution in [0.4, 0.5) is 0 Å². The second kappa shape index (κ2) is 2.65. The highest BCUT2D eigenvalue weighted by atomic mass is 16.1. The Bertz CT molecular complexity index is 233. The number of hydrogen-bond donors (Lipinski definition) is 0. The van der Waals surface area contributed by atoms with Crippen molar-refractivity contribution in [3.05, 3.63) is 35.4 Å². The fraction of sp³-hybridized carbons (Fsp3) is 0.222. The van der Waals surface area contributed by atoms with Crippen LogP contribution in [-0.2, 0) is 0 Å². The molecule has 0 radical (unpaired) electrons. The lowest BCUT2D eigenvalue weighted by Crippen LogP contribution is -1.90. The molecule has 0 saturated carbocycles. The van der Waals surface area contributed by atoms with Gasteiger partial charge in [0.1, 0.15) is 0 Å². The molecule has 1 heteroatoms. The van der Waals surface area contributed by atoms with Gasteiger partial charge in [-0.3, -0.25) is 4.79 Å². The maximum absolute atomic E-state index is 10.8. The summed E-state index contributed by atoms with van der Waals surface area (Å²) in [5, 5.41) is 0. The van der Waals surface area contributed by atoms with Crippen LogP contribution in [-0.4, -0.2) is 5.78 Å². The number of hydrogen-bond acceptors (Lipinski definition) is 1. The molecule has 0 aliphatic carbocycles. The van der Waals surface area contributed by atoms with E-state index in [-0.39, 0.29) is 5.78 Å². The molecule has 0 unspecified atom stereocenters. The van der Waals surface area contributed by atoms with E-state index in [1.54, 1.807) is 6.92 Å². The second-order valence-corrected chi connectivity index (χ2v) is 2.42. The molecule has 0 atom stereocenters. The van der Waals surface area contributed by atoms with E-state index in [4.69, 9.17) is 0 Å². The molecule has 0 bridgehead atoms. The topological polar surface area (TPSA) is 17.1 Å². The van der Waals surface area contributed by atoms with E-state index >= 15 is 0 Å². The van der Waals surface area contributed by atoms with Gasteiger partial charge >= 0.3 is 0 Å². The summed E-state index contributed by atoms with van der Waals surface area (Å²) in [5.41, 5.74) is 1.97. The standard InChI is InChI=1S/C9H10O/c1-7-3-5-9(6-4-7)8(2)10/h3-6H,1-2H3/i8-1. The predicted molar refractivity (Wildman–Crippen MR) is 41.2 cm³/mol. The van der Waals surface area contributed by atoms with Gasteiger partial charge in [-0.15, -0.1) is 0 Å². The first-order chi connectivity index (χ1) is 4.70. The quantitative estimate of drug-likeness (QED) is 0.537. The third-order valence-corrected chi connectivity index (χ3v) is 1.46. The van der Waals surface area contributed by atoms with Crippen LogP contribution in [0.1, 0.15) is 22.8 Å². The lowest BCUT2D eigenvalue weighted by Gasteiger charge is -1.93. The zero-order valence-electron chi connectivity index (χ0n) is 6.22. The Hall–Kier alpha value is -1.11. The minimum absolute atomic E-state index is 0.125. The highest BCUT2D eigenvalue weighted by molar-refractivity contribution is 5.93. The van der Waals surface area contributed by atoms with E-state index in [0.29, 0.717) is 0 Å². The predicted octanol–water partition coefficient (Wildman–Crippen LogP) is 2.20. The molecule has 52 valence electrons. The third-order valence-electron chi connectivity index (χ3n) is 1.46. The molecule has 1 nitrogen and oxygen atoms in total. The Balaban J connectivity index is 3.00. The number of Topliss-reactive ketones (excluding diaryl/α,β-unsaturated/α-hetero) is 1. The van der Waals surface area contributed by atoms with Crippen molar-refractivity contribution in [2.45, 2.75) is 13.8 Å². The molecule has 1 rings (SSSR count). The van der Waals surface area contributed by atoms with Crippen LogP contribution in [0.3, 0.4) is 0 Å². The number of rotatable bonds is 1. The zero-order chi connectivity index (χ0) is 7.56. The van der Waals surface area contributed by atoms with Crippen molar-refractivity contribution in [1.82, 2.24) is 0 Å². The largest absolute Gasteiger partial charge is 0.295 e. The van der Waals surface area contributed by atoms with Crippen LogP contribution in [0.15, 0.2) is 24.3 Å². The molecule has 0 saturated heterocycles. The summed E-state index contributed by atoms with van der Waals surface area (Å²) in [6.07, 6.45) is 0. The number of ketones is 1. The molecule has 0 amide bonds. The van der Waals surface area contributed by atoms with Crippen LogP contribution < -0.4 is 0 Å². The van der Waals surface area contributed by atoms with Crippen LogP contribution in [0.2, 0.25) is 0 Å². The summed E-state index contributed by atoms with van der Waals surface area (Å²) in [7, 11) is 0. The summed E-state index contributed by atoms with van der Waals surface area (Å²) in [4.78, 5) is 10.8. The summed E-state index contributed by atoms with van der Waals surface area (Å²) in [5.74, 6) is 0.125. The SMILES string of the molecule is Cc1ccc([11C](C)=O)cc1. The average Bonchev–Trinajstić information content (AvgIpc) is 1.88. The summed E-state index contributed by atoms with van der Waals surface area (Å²) in [6.45, 7) is 3.58. The third kappa shape index (κ3) is 1.44. The van der Waals surface area contributed by atoms with E-state index in [1.807, 2.05) is 31.2 Å². The summed E-state index contributed by atoms with van der Waals surface area (Å²) in [6, 6.07) is 7.57. The minimum Gasteiger partial charge on any atom is -0.295 e. The maximum atomic E-state index is 10.8. The van der Waals surface area contributed by atoms with Gasteiger partial charge in [0.15, 0.2) is 5.78 Å². The van der Waals surface area contributed by atoms with Crippen molar-refractivity contribution in [3.63, 3.8) is 0 Å². The Morgan fingerprint density at radius 1 is 1.20 bits per heavy atom. The molecule has 0 aliphatic rings. The Morgan fingerprint density at radius 3 is 2.10 bits per heavy atom. The lowest BCUT2D eigenvalue weighted by molar-refractivity contribution is 0.101. The number of aryl methyl sites for hydroxylation is 1. The van der Waals surface area contributed by atoms with Crippen LogP contribution in [0.5, 0.6) is 0 Å². The van der Waals surface area contributed by atoms with E-state index in [9.17, 15) is 4.79 Å². The molecular weight excluding hydrogens is 123 g/mol. The van der Waals surface area contributed by atoms with Crippen molar-refractivity contribution in [3.8, 4) is 0 Å². The highest BCUT2D eigenvalue weighted by Crippen LogP contribution is 2.02. The first-order valence-electron chi connectivity index (χ1n) is 3.28. The monoisotopic (exact) mass is 133 g/mol. The van der Waals surface area contributed by atoms with E-state index in [0.717, 1.165) is 5.56 Å². The number of benzene rings is 1. The van der Waals surface area contributed by atoms with Gasteiger partial charge in [-0.25, -0.2) is 0 Å². The Morgan fingerprint density at radius 2 is 1.70 bits per heavy atom. The molecular formula is C9H10O. The molecule has 0 aromatic heterocycles. The van der Waals surface area contributed by atoms with Gasteiger partial charge in [0.25, 0.3) is 0 Å². The van der Waals surface area contributed by atoms with Crippen LogP contribution in [0.25, 0.3) is 0 Å². The highest BCUT2D eigenvalue weighted by Gasteiger charge is 1.95.